The lowest BCUT2D eigenvalue weighted by molar-refractivity contribution is -0.151. The van der Waals surface area contributed by atoms with Crippen molar-refractivity contribution in [1.29, 1.82) is 0 Å². The van der Waals surface area contributed by atoms with Crippen LogP contribution >= 0.6 is 0 Å². The molecule has 0 aliphatic heterocycles. The Balaban J connectivity index is 2.90. The number of likely N-dealkylation sites (N-methyl/N-ethyl adjacent to an activating group) is 2. The zero-order valence-corrected chi connectivity index (χ0v) is 12.5. The van der Waals surface area contributed by atoms with Gasteiger partial charge < -0.3 is 10.1 Å². The summed E-state index contributed by atoms with van der Waals surface area (Å²) in [6.45, 7) is 11.0. The smallest absolute Gasteiger partial charge is 0.327 e. The van der Waals surface area contributed by atoms with Crippen LogP contribution in [-0.4, -0.2) is 49.2 Å². The SMILES string of the molecule is CCNC(CN(CC)C(C)C)(C(=O)OC)C1CC1. The monoisotopic (exact) mass is 256 g/mol. The highest BCUT2D eigenvalue weighted by atomic mass is 16.5. The topological polar surface area (TPSA) is 41.6 Å². The maximum Gasteiger partial charge on any atom is 0.327 e. The van der Waals surface area contributed by atoms with Gasteiger partial charge in [0.1, 0.15) is 5.54 Å². The van der Waals surface area contributed by atoms with Crippen molar-refractivity contribution in [3.8, 4) is 0 Å². The van der Waals surface area contributed by atoms with E-state index in [-0.39, 0.29) is 5.97 Å². The Labute approximate surface area is 111 Å². The fraction of sp³-hybridized carbons (Fsp3) is 0.929. The van der Waals surface area contributed by atoms with Gasteiger partial charge in [0.2, 0.25) is 0 Å². The van der Waals surface area contributed by atoms with E-state index in [1.165, 1.54) is 7.11 Å². The lowest BCUT2D eigenvalue weighted by Gasteiger charge is -2.38. The molecular formula is C14H28N2O2. The van der Waals surface area contributed by atoms with Crippen LogP contribution in [0.4, 0.5) is 0 Å². The van der Waals surface area contributed by atoms with E-state index in [0.717, 1.165) is 32.5 Å². The molecule has 0 saturated heterocycles. The molecule has 0 amide bonds. The second-order valence-electron chi connectivity index (χ2n) is 5.42. The van der Waals surface area contributed by atoms with Crippen LogP contribution in [0.3, 0.4) is 0 Å². The normalized spacial score (nSPS) is 19.1. The Kier molecular flexibility index (Phi) is 5.60. The molecule has 106 valence electrons. The number of nitrogens with zero attached hydrogens (tertiary/aromatic N) is 1. The molecule has 0 aromatic carbocycles. The first-order valence-electron chi connectivity index (χ1n) is 7.09. The Morgan fingerprint density at radius 2 is 2.06 bits per heavy atom. The largest absolute Gasteiger partial charge is 0.468 e. The first kappa shape index (κ1) is 15.4. The van der Waals surface area contributed by atoms with Crippen LogP contribution in [0.15, 0.2) is 0 Å². The number of nitrogens with one attached hydrogen (secondary N) is 1. The van der Waals surface area contributed by atoms with Gasteiger partial charge in [-0.15, -0.1) is 0 Å². The molecule has 1 aliphatic carbocycles. The lowest BCUT2D eigenvalue weighted by Crippen LogP contribution is -2.62. The van der Waals surface area contributed by atoms with E-state index >= 15 is 0 Å². The summed E-state index contributed by atoms with van der Waals surface area (Å²) in [6, 6.07) is 0.441. The van der Waals surface area contributed by atoms with E-state index in [0.29, 0.717) is 12.0 Å². The molecule has 0 aromatic heterocycles. The average Bonchev–Trinajstić information content (AvgIpc) is 3.17. The van der Waals surface area contributed by atoms with Gasteiger partial charge in [0.05, 0.1) is 7.11 Å². The van der Waals surface area contributed by atoms with Crippen molar-refractivity contribution in [1.82, 2.24) is 10.2 Å². The Bertz CT molecular complexity index is 277. The third-order valence-corrected chi connectivity index (χ3v) is 3.91. The molecule has 1 rings (SSSR count). The third-order valence-electron chi connectivity index (χ3n) is 3.91. The molecule has 1 fully saturated rings. The van der Waals surface area contributed by atoms with Crippen LogP contribution in [0.2, 0.25) is 0 Å². The van der Waals surface area contributed by atoms with Crippen LogP contribution in [-0.2, 0) is 9.53 Å². The van der Waals surface area contributed by atoms with Crippen LogP contribution in [0.5, 0.6) is 0 Å². The van der Waals surface area contributed by atoms with Gasteiger partial charge >= 0.3 is 5.97 Å². The number of methoxy groups -OCH3 is 1. The quantitative estimate of drug-likeness (QED) is 0.671. The summed E-state index contributed by atoms with van der Waals surface area (Å²) in [5.74, 6) is 0.323. The van der Waals surface area contributed by atoms with Gasteiger partial charge in [-0.2, -0.15) is 0 Å². The highest BCUT2D eigenvalue weighted by Gasteiger charge is 2.52. The molecule has 0 heterocycles. The Hall–Kier alpha value is -0.610. The van der Waals surface area contributed by atoms with Gasteiger partial charge in [-0.1, -0.05) is 13.8 Å². The van der Waals surface area contributed by atoms with Gasteiger partial charge in [0.25, 0.3) is 0 Å². The highest BCUT2D eigenvalue weighted by molar-refractivity contribution is 5.82. The van der Waals surface area contributed by atoms with Gasteiger partial charge in [0, 0.05) is 12.6 Å². The summed E-state index contributed by atoms with van der Waals surface area (Å²) >= 11 is 0. The molecule has 0 spiro atoms. The number of carbonyl (C=O) groups excluding carboxylic acids is 1. The summed E-state index contributed by atoms with van der Waals surface area (Å²) in [4.78, 5) is 14.6. The molecule has 1 saturated carbocycles. The second-order valence-corrected chi connectivity index (χ2v) is 5.42. The van der Waals surface area contributed by atoms with Gasteiger partial charge in [0.15, 0.2) is 0 Å². The Morgan fingerprint density at radius 3 is 2.39 bits per heavy atom. The zero-order valence-electron chi connectivity index (χ0n) is 12.5. The van der Waals surface area contributed by atoms with Gasteiger partial charge in [-0.25, -0.2) is 4.79 Å². The van der Waals surface area contributed by atoms with Crippen molar-refractivity contribution in [3.05, 3.63) is 0 Å². The predicted molar refractivity (Wildman–Crippen MR) is 73.5 cm³/mol. The van der Waals surface area contributed by atoms with Crippen molar-refractivity contribution >= 4 is 5.97 Å². The van der Waals surface area contributed by atoms with Crippen molar-refractivity contribution in [2.24, 2.45) is 5.92 Å². The number of rotatable bonds is 8. The van der Waals surface area contributed by atoms with E-state index in [9.17, 15) is 4.79 Å². The number of ether oxygens (including phenoxy) is 1. The van der Waals surface area contributed by atoms with Crippen LogP contribution in [0.25, 0.3) is 0 Å². The van der Waals surface area contributed by atoms with E-state index in [1.807, 2.05) is 6.92 Å². The molecule has 1 N–H and O–H groups in total. The minimum atomic E-state index is -0.510. The van der Waals surface area contributed by atoms with Crippen molar-refractivity contribution in [3.63, 3.8) is 0 Å². The number of hydrogen-bond donors (Lipinski definition) is 1. The molecule has 4 heteroatoms. The summed E-state index contributed by atoms with van der Waals surface area (Å²) in [6.07, 6.45) is 2.25. The van der Waals surface area contributed by atoms with Crippen molar-refractivity contribution in [2.75, 3.05) is 26.7 Å². The van der Waals surface area contributed by atoms with E-state index in [1.54, 1.807) is 0 Å². The van der Waals surface area contributed by atoms with Crippen LogP contribution < -0.4 is 5.32 Å². The number of carbonyl (C=O) groups is 1. The molecule has 0 aromatic rings. The van der Waals surface area contributed by atoms with Gasteiger partial charge in [-0.05, 0) is 45.7 Å². The third kappa shape index (κ3) is 3.23. The summed E-state index contributed by atoms with van der Waals surface area (Å²) in [5.41, 5.74) is -0.510. The number of hydrogen-bond acceptors (Lipinski definition) is 4. The van der Waals surface area contributed by atoms with Gasteiger partial charge in [-0.3, -0.25) is 4.90 Å². The second kappa shape index (κ2) is 6.53. The molecule has 0 bridgehead atoms. The molecule has 0 radical (unpaired) electrons. The summed E-state index contributed by atoms with van der Waals surface area (Å²) < 4.78 is 5.07. The molecule has 1 atom stereocenters. The van der Waals surface area contributed by atoms with E-state index in [2.05, 4.69) is 31.0 Å². The lowest BCUT2D eigenvalue weighted by atomic mass is 9.91. The highest BCUT2D eigenvalue weighted by Crippen LogP contribution is 2.41. The van der Waals surface area contributed by atoms with Crippen LogP contribution in [0.1, 0.15) is 40.5 Å². The van der Waals surface area contributed by atoms with Crippen molar-refractivity contribution < 1.29 is 9.53 Å². The molecule has 18 heavy (non-hydrogen) atoms. The van der Waals surface area contributed by atoms with E-state index < -0.39 is 5.54 Å². The molecule has 4 nitrogen and oxygen atoms in total. The maximum atomic E-state index is 12.3. The first-order valence-corrected chi connectivity index (χ1v) is 7.09. The fourth-order valence-electron chi connectivity index (χ4n) is 2.69. The summed E-state index contributed by atoms with van der Waals surface area (Å²) in [5, 5.41) is 3.41. The first-order chi connectivity index (χ1) is 8.51. The minimum absolute atomic E-state index is 0.106. The average molecular weight is 256 g/mol. The molecule has 1 aliphatic rings. The zero-order chi connectivity index (χ0) is 13.8. The van der Waals surface area contributed by atoms with Crippen LogP contribution in [0, 0.1) is 5.92 Å². The fourth-order valence-corrected chi connectivity index (χ4v) is 2.69. The maximum absolute atomic E-state index is 12.3. The molecule has 1 unspecified atom stereocenters. The van der Waals surface area contributed by atoms with Crippen molar-refractivity contribution in [2.45, 2.75) is 52.1 Å². The molecular weight excluding hydrogens is 228 g/mol. The minimum Gasteiger partial charge on any atom is -0.468 e. The predicted octanol–water partition coefficient (Wildman–Crippen LogP) is 1.65. The van der Waals surface area contributed by atoms with E-state index in [4.69, 9.17) is 4.74 Å². The summed E-state index contributed by atoms with van der Waals surface area (Å²) in [7, 11) is 1.49. The number of esters is 1. The Morgan fingerprint density at radius 1 is 1.44 bits per heavy atom. The standard InChI is InChI=1S/C14H28N2O2/c1-6-15-14(12-8-9-12,13(17)18-5)10-16(7-2)11(3)4/h11-12,15H,6-10H2,1-5H3.